The molecule has 15 heavy (non-hydrogen) atoms. The van der Waals surface area contributed by atoms with Crippen molar-refractivity contribution in [1.82, 2.24) is 0 Å². The maximum atomic E-state index is 11.1. The standard InChI is InChI=1S/C11H14O4/c1-9(7-12)15-11(13)8-14-10-5-3-2-4-6-10/h2-6,9,12H,7-8H2,1H3. The number of benzene rings is 1. The lowest BCUT2D eigenvalue weighted by molar-refractivity contribution is -0.152. The van der Waals surface area contributed by atoms with Gasteiger partial charge in [-0.2, -0.15) is 0 Å². The van der Waals surface area contributed by atoms with Gasteiger partial charge in [0.25, 0.3) is 0 Å². The highest BCUT2D eigenvalue weighted by Gasteiger charge is 2.08. The number of aliphatic hydroxyl groups excluding tert-OH is 1. The van der Waals surface area contributed by atoms with Gasteiger partial charge in [0.1, 0.15) is 11.9 Å². The van der Waals surface area contributed by atoms with Crippen molar-refractivity contribution in [3.8, 4) is 5.75 Å². The maximum absolute atomic E-state index is 11.1. The number of esters is 1. The van der Waals surface area contributed by atoms with Crippen LogP contribution in [0.2, 0.25) is 0 Å². The van der Waals surface area contributed by atoms with E-state index in [1.165, 1.54) is 0 Å². The Morgan fingerprint density at radius 3 is 2.67 bits per heavy atom. The van der Waals surface area contributed by atoms with Gasteiger partial charge in [0, 0.05) is 0 Å². The lowest BCUT2D eigenvalue weighted by Gasteiger charge is -2.10. The van der Waals surface area contributed by atoms with Crippen LogP contribution in [0.25, 0.3) is 0 Å². The SMILES string of the molecule is CC(CO)OC(=O)COc1ccccc1. The Kier molecular flexibility index (Phi) is 4.63. The molecule has 82 valence electrons. The zero-order valence-corrected chi connectivity index (χ0v) is 8.55. The molecule has 1 aromatic rings. The number of hydrogen-bond acceptors (Lipinski definition) is 4. The number of rotatable bonds is 5. The quantitative estimate of drug-likeness (QED) is 0.736. The summed E-state index contributed by atoms with van der Waals surface area (Å²) in [5.41, 5.74) is 0. The van der Waals surface area contributed by atoms with Crippen molar-refractivity contribution in [3.05, 3.63) is 30.3 Å². The van der Waals surface area contributed by atoms with Gasteiger partial charge in [-0.05, 0) is 19.1 Å². The monoisotopic (exact) mass is 210 g/mol. The first-order valence-electron chi connectivity index (χ1n) is 4.70. The first-order valence-corrected chi connectivity index (χ1v) is 4.70. The molecule has 0 spiro atoms. The molecule has 0 aliphatic carbocycles. The van der Waals surface area contributed by atoms with E-state index in [2.05, 4.69) is 0 Å². The molecule has 0 aliphatic heterocycles. The normalized spacial score (nSPS) is 11.9. The summed E-state index contributed by atoms with van der Waals surface area (Å²) in [5.74, 6) is 0.131. The van der Waals surface area contributed by atoms with Crippen molar-refractivity contribution in [2.75, 3.05) is 13.2 Å². The molecule has 0 bridgehead atoms. The molecule has 1 atom stereocenters. The number of ether oxygens (including phenoxy) is 2. The van der Waals surface area contributed by atoms with Crippen LogP contribution in [-0.4, -0.2) is 30.4 Å². The van der Waals surface area contributed by atoms with Crippen LogP contribution in [0.1, 0.15) is 6.92 Å². The molecule has 0 amide bonds. The molecule has 0 saturated carbocycles. The molecule has 4 heteroatoms. The third kappa shape index (κ3) is 4.46. The zero-order chi connectivity index (χ0) is 11.1. The van der Waals surface area contributed by atoms with Gasteiger partial charge < -0.3 is 14.6 Å². The summed E-state index contributed by atoms with van der Waals surface area (Å²) in [4.78, 5) is 11.1. The number of carbonyl (C=O) groups excluding carboxylic acids is 1. The van der Waals surface area contributed by atoms with Crippen LogP contribution in [0.15, 0.2) is 30.3 Å². The van der Waals surface area contributed by atoms with Crippen molar-refractivity contribution in [2.24, 2.45) is 0 Å². The Hall–Kier alpha value is -1.55. The molecule has 0 saturated heterocycles. The molecule has 1 rings (SSSR count). The Balaban J connectivity index is 2.29. The highest BCUT2D eigenvalue weighted by molar-refractivity contribution is 5.71. The van der Waals surface area contributed by atoms with Crippen LogP contribution < -0.4 is 4.74 Å². The summed E-state index contributed by atoms with van der Waals surface area (Å²) in [6.45, 7) is 1.28. The van der Waals surface area contributed by atoms with Gasteiger partial charge in [0.2, 0.25) is 0 Å². The lowest BCUT2D eigenvalue weighted by Crippen LogP contribution is -2.22. The fraction of sp³-hybridized carbons (Fsp3) is 0.364. The van der Waals surface area contributed by atoms with Crippen molar-refractivity contribution >= 4 is 5.97 Å². The summed E-state index contributed by atoms with van der Waals surface area (Å²) in [6, 6.07) is 9.00. The molecular formula is C11H14O4. The van der Waals surface area contributed by atoms with E-state index in [-0.39, 0.29) is 13.2 Å². The summed E-state index contributed by atoms with van der Waals surface area (Å²) < 4.78 is 9.96. The second-order valence-corrected chi connectivity index (χ2v) is 3.08. The minimum absolute atomic E-state index is 0.144. The summed E-state index contributed by atoms with van der Waals surface area (Å²) in [6.07, 6.45) is -0.489. The number of hydrogen-bond donors (Lipinski definition) is 1. The van der Waals surface area contributed by atoms with E-state index in [4.69, 9.17) is 14.6 Å². The molecule has 0 heterocycles. The molecule has 1 N–H and O–H groups in total. The fourth-order valence-electron chi connectivity index (χ4n) is 0.955. The first-order chi connectivity index (χ1) is 7.22. The highest BCUT2D eigenvalue weighted by atomic mass is 16.6. The first kappa shape index (κ1) is 11.5. The number of para-hydroxylation sites is 1. The predicted octanol–water partition coefficient (Wildman–Crippen LogP) is 0.989. The van der Waals surface area contributed by atoms with Gasteiger partial charge in [0.15, 0.2) is 6.61 Å². The van der Waals surface area contributed by atoms with Crippen LogP contribution >= 0.6 is 0 Å². The molecule has 0 fully saturated rings. The van der Waals surface area contributed by atoms with Crippen LogP contribution in [-0.2, 0) is 9.53 Å². The molecule has 1 aromatic carbocycles. The highest BCUT2D eigenvalue weighted by Crippen LogP contribution is 2.08. The molecule has 0 aromatic heterocycles. The second kappa shape index (κ2) is 6.03. The smallest absolute Gasteiger partial charge is 0.344 e. The molecule has 1 unspecified atom stereocenters. The van der Waals surface area contributed by atoms with E-state index in [0.29, 0.717) is 5.75 Å². The Morgan fingerprint density at radius 1 is 1.40 bits per heavy atom. The topological polar surface area (TPSA) is 55.8 Å². The molecular weight excluding hydrogens is 196 g/mol. The third-order valence-electron chi connectivity index (χ3n) is 1.69. The van der Waals surface area contributed by atoms with Crippen LogP contribution in [0.4, 0.5) is 0 Å². The van der Waals surface area contributed by atoms with E-state index in [1.54, 1.807) is 19.1 Å². The minimum atomic E-state index is -0.489. The lowest BCUT2D eigenvalue weighted by atomic mass is 10.3. The largest absolute Gasteiger partial charge is 0.482 e. The average molecular weight is 210 g/mol. The maximum Gasteiger partial charge on any atom is 0.344 e. The average Bonchev–Trinajstić information content (AvgIpc) is 2.27. The van der Waals surface area contributed by atoms with Gasteiger partial charge in [-0.3, -0.25) is 0 Å². The van der Waals surface area contributed by atoms with Crippen molar-refractivity contribution in [2.45, 2.75) is 13.0 Å². The van der Waals surface area contributed by atoms with Crippen LogP contribution in [0.5, 0.6) is 5.75 Å². The minimum Gasteiger partial charge on any atom is -0.482 e. The summed E-state index contributed by atoms with van der Waals surface area (Å²) in [7, 11) is 0. The summed E-state index contributed by atoms with van der Waals surface area (Å²) >= 11 is 0. The van der Waals surface area contributed by atoms with Gasteiger partial charge >= 0.3 is 5.97 Å². The van der Waals surface area contributed by atoms with E-state index < -0.39 is 12.1 Å². The van der Waals surface area contributed by atoms with Gasteiger partial charge in [0.05, 0.1) is 6.61 Å². The van der Waals surface area contributed by atoms with E-state index >= 15 is 0 Å². The van der Waals surface area contributed by atoms with Gasteiger partial charge in [-0.25, -0.2) is 4.79 Å². The molecule has 0 aliphatic rings. The Labute approximate surface area is 88.4 Å². The fourth-order valence-corrected chi connectivity index (χ4v) is 0.955. The predicted molar refractivity (Wildman–Crippen MR) is 54.6 cm³/mol. The zero-order valence-electron chi connectivity index (χ0n) is 8.55. The van der Waals surface area contributed by atoms with Crippen molar-refractivity contribution < 1.29 is 19.4 Å². The van der Waals surface area contributed by atoms with Gasteiger partial charge in [-0.15, -0.1) is 0 Å². The second-order valence-electron chi connectivity index (χ2n) is 3.08. The molecule has 4 nitrogen and oxygen atoms in total. The van der Waals surface area contributed by atoms with Crippen molar-refractivity contribution in [1.29, 1.82) is 0 Å². The van der Waals surface area contributed by atoms with Crippen molar-refractivity contribution in [3.63, 3.8) is 0 Å². The number of aliphatic hydroxyl groups is 1. The van der Waals surface area contributed by atoms with E-state index in [1.807, 2.05) is 18.2 Å². The third-order valence-corrected chi connectivity index (χ3v) is 1.69. The Morgan fingerprint density at radius 2 is 2.07 bits per heavy atom. The van der Waals surface area contributed by atoms with E-state index in [0.717, 1.165) is 0 Å². The summed E-state index contributed by atoms with van der Waals surface area (Å²) in [5, 5.41) is 8.65. The van der Waals surface area contributed by atoms with Crippen LogP contribution in [0.3, 0.4) is 0 Å². The Bertz CT molecular complexity index is 297. The van der Waals surface area contributed by atoms with Crippen LogP contribution in [0, 0.1) is 0 Å². The van der Waals surface area contributed by atoms with E-state index in [9.17, 15) is 4.79 Å². The number of carbonyl (C=O) groups is 1. The molecule has 0 radical (unpaired) electrons. The van der Waals surface area contributed by atoms with Gasteiger partial charge in [-0.1, -0.05) is 18.2 Å².